The predicted molar refractivity (Wildman–Crippen MR) is 85.4 cm³/mol. The minimum atomic E-state index is 0.237. The Labute approximate surface area is 119 Å². The lowest BCUT2D eigenvalue weighted by Crippen LogP contribution is -2.39. The number of hydrogen-bond donors (Lipinski definition) is 1. The molecule has 0 aliphatic carbocycles. The van der Waals surface area contributed by atoms with Crippen molar-refractivity contribution in [2.24, 2.45) is 5.41 Å². The lowest BCUT2D eigenvalue weighted by molar-refractivity contribution is 0.238. The molecule has 1 aromatic carbocycles. The highest BCUT2D eigenvalue weighted by molar-refractivity contribution is 5.21. The Hall–Kier alpha value is -0.820. The van der Waals surface area contributed by atoms with Crippen LogP contribution in [0, 0.1) is 5.41 Å². The van der Waals surface area contributed by atoms with Crippen LogP contribution in [0.3, 0.4) is 0 Å². The van der Waals surface area contributed by atoms with E-state index in [1.807, 2.05) is 0 Å². The molecule has 0 radical (unpaired) electrons. The Balaban J connectivity index is 2.86. The van der Waals surface area contributed by atoms with Crippen LogP contribution in [-0.2, 0) is 0 Å². The average molecular weight is 261 g/mol. The quantitative estimate of drug-likeness (QED) is 0.699. The fourth-order valence-electron chi connectivity index (χ4n) is 2.74. The molecule has 0 fully saturated rings. The molecule has 0 aliphatic heterocycles. The van der Waals surface area contributed by atoms with Gasteiger partial charge in [0.15, 0.2) is 0 Å². The van der Waals surface area contributed by atoms with E-state index in [4.69, 9.17) is 0 Å². The highest BCUT2D eigenvalue weighted by Crippen LogP contribution is 2.33. The van der Waals surface area contributed by atoms with Crippen LogP contribution in [0.15, 0.2) is 30.3 Å². The highest BCUT2D eigenvalue weighted by Gasteiger charge is 2.27. The van der Waals surface area contributed by atoms with Crippen LogP contribution >= 0.6 is 0 Å². The molecular weight excluding hydrogens is 230 g/mol. The van der Waals surface area contributed by atoms with Gasteiger partial charge in [-0.2, -0.15) is 0 Å². The van der Waals surface area contributed by atoms with Gasteiger partial charge in [0.2, 0.25) is 0 Å². The zero-order chi connectivity index (χ0) is 14.3. The Morgan fingerprint density at radius 2 is 1.47 bits per heavy atom. The van der Waals surface area contributed by atoms with Crippen LogP contribution in [0.5, 0.6) is 0 Å². The van der Waals surface area contributed by atoms with E-state index >= 15 is 0 Å². The van der Waals surface area contributed by atoms with Crippen molar-refractivity contribution in [2.75, 3.05) is 0 Å². The van der Waals surface area contributed by atoms with Gasteiger partial charge in [-0.1, -0.05) is 77.8 Å². The van der Waals surface area contributed by atoms with E-state index in [0.717, 1.165) is 0 Å². The Kier molecular flexibility index (Phi) is 6.57. The van der Waals surface area contributed by atoms with Crippen LogP contribution in [0.4, 0.5) is 0 Å². The maximum atomic E-state index is 3.91. The summed E-state index contributed by atoms with van der Waals surface area (Å²) in [6.45, 7) is 11.5. The fourth-order valence-corrected chi connectivity index (χ4v) is 2.74. The van der Waals surface area contributed by atoms with Gasteiger partial charge >= 0.3 is 0 Å². The molecule has 0 bridgehead atoms. The van der Waals surface area contributed by atoms with E-state index in [1.54, 1.807) is 0 Å². The van der Waals surface area contributed by atoms with Crippen molar-refractivity contribution in [2.45, 2.75) is 72.4 Å². The fraction of sp³-hybridized carbons (Fsp3) is 0.667. The molecule has 108 valence electrons. The SMILES string of the molecule is CCCC(CCC)NC(c1ccccc1)C(C)(C)C. The molecule has 0 amide bonds. The second-order valence-corrected chi connectivity index (χ2v) is 6.65. The van der Waals surface area contributed by atoms with Gasteiger partial charge in [-0.15, -0.1) is 0 Å². The van der Waals surface area contributed by atoms with Crippen LogP contribution in [-0.4, -0.2) is 6.04 Å². The van der Waals surface area contributed by atoms with E-state index in [-0.39, 0.29) is 5.41 Å². The minimum absolute atomic E-state index is 0.237. The predicted octanol–water partition coefficient (Wildman–Crippen LogP) is 5.33. The minimum Gasteiger partial charge on any atom is -0.307 e. The third-order valence-corrected chi connectivity index (χ3v) is 3.68. The molecule has 1 heteroatoms. The summed E-state index contributed by atoms with van der Waals surface area (Å²) in [5.74, 6) is 0. The third-order valence-electron chi connectivity index (χ3n) is 3.68. The molecule has 1 unspecified atom stereocenters. The first-order valence-corrected chi connectivity index (χ1v) is 7.80. The van der Waals surface area contributed by atoms with Gasteiger partial charge in [-0.3, -0.25) is 0 Å². The zero-order valence-electron chi connectivity index (χ0n) is 13.4. The van der Waals surface area contributed by atoms with Gasteiger partial charge in [0.05, 0.1) is 0 Å². The normalized spacial score (nSPS) is 13.8. The van der Waals surface area contributed by atoms with Gasteiger partial charge in [0.1, 0.15) is 0 Å². The smallest absolute Gasteiger partial charge is 0.0371 e. The van der Waals surface area contributed by atoms with Crippen molar-refractivity contribution < 1.29 is 0 Å². The lowest BCUT2D eigenvalue weighted by atomic mass is 9.81. The molecule has 1 atom stereocenters. The summed E-state index contributed by atoms with van der Waals surface area (Å²) >= 11 is 0. The van der Waals surface area contributed by atoms with Gasteiger partial charge in [0, 0.05) is 12.1 Å². The zero-order valence-corrected chi connectivity index (χ0v) is 13.4. The largest absolute Gasteiger partial charge is 0.307 e. The van der Waals surface area contributed by atoms with E-state index in [2.05, 4.69) is 70.3 Å². The molecule has 0 saturated heterocycles. The van der Waals surface area contributed by atoms with E-state index in [1.165, 1.54) is 31.2 Å². The number of rotatable bonds is 7. The summed E-state index contributed by atoms with van der Waals surface area (Å²) in [6.07, 6.45) is 5.05. The summed E-state index contributed by atoms with van der Waals surface area (Å²) in [5.41, 5.74) is 1.65. The Bertz CT molecular complexity index is 330. The second kappa shape index (κ2) is 7.69. The third kappa shape index (κ3) is 5.36. The maximum absolute atomic E-state index is 3.91. The van der Waals surface area contributed by atoms with Crippen LogP contribution in [0.1, 0.15) is 71.9 Å². The van der Waals surface area contributed by atoms with Gasteiger partial charge in [-0.05, 0) is 23.8 Å². The topological polar surface area (TPSA) is 12.0 Å². The molecule has 0 heterocycles. The van der Waals surface area contributed by atoms with Crippen molar-refractivity contribution in [1.82, 2.24) is 5.32 Å². The van der Waals surface area contributed by atoms with Crippen molar-refractivity contribution in [3.63, 3.8) is 0 Å². The van der Waals surface area contributed by atoms with E-state index in [0.29, 0.717) is 12.1 Å². The molecule has 1 N–H and O–H groups in total. The monoisotopic (exact) mass is 261 g/mol. The number of benzene rings is 1. The summed E-state index contributed by atoms with van der Waals surface area (Å²) in [4.78, 5) is 0. The van der Waals surface area contributed by atoms with E-state index < -0.39 is 0 Å². The van der Waals surface area contributed by atoms with Gasteiger partial charge in [0.25, 0.3) is 0 Å². The van der Waals surface area contributed by atoms with Crippen LogP contribution < -0.4 is 5.32 Å². The molecule has 1 rings (SSSR count). The van der Waals surface area contributed by atoms with Gasteiger partial charge < -0.3 is 5.32 Å². The molecule has 1 aromatic rings. The maximum Gasteiger partial charge on any atom is 0.0371 e. The standard InChI is InChI=1S/C18H31N/c1-6-11-16(12-7-2)19-17(18(3,4)5)15-13-9-8-10-14-15/h8-10,13-14,16-17,19H,6-7,11-12H2,1-5H3. The lowest BCUT2D eigenvalue weighted by Gasteiger charge is -2.35. The average Bonchev–Trinajstić information content (AvgIpc) is 2.36. The molecule has 1 nitrogen and oxygen atoms in total. The van der Waals surface area contributed by atoms with Crippen LogP contribution in [0.2, 0.25) is 0 Å². The van der Waals surface area contributed by atoms with Crippen molar-refractivity contribution in [1.29, 1.82) is 0 Å². The van der Waals surface area contributed by atoms with Crippen molar-refractivity contribution in [3.05, 3.63) is 35.9 Å². The first-order chi connectivity index (χ1) is 8.99. The molecule has 0 saturated carbocycles. The summed E-state index contributed by atoms with van der Waals surface area (Å²) in [5, 5.41) is 3.91. The molecular formula is C18H31N. The van der Waals surface area contributed by atoms with Crippen molar-refractivity contribution >= 4 is 0 Å². The van der Waals surface area contributed by atoms with Gasteiger partial charge in [-0.25, -0.2) is 0 Å². The highest BCUT2D eigenvalue weighted by atomic mass is 15.0. The summed E-state index contributed by atoms with van der Waals surface area (Å²) in [7, 11) is 0. The first kappa shape index (κ1) is 16.2. The second-order valence-electron chi connectivity index (χ2n) is 6.65. The molecule has 19 heavy (non-hydrogen) atoms. The first-order valence-electron chi connectivity index (χ1n) is 7.80. The van der Waals surface area contributed by atoms with Crippen molar-refractivity contribution in [3.8, 4) is 0 Å². The van der Waals surface area contributed by atoms with Crippen LogP contribution in [0.25, 0.3) is 0 Å². The molecule has 0 aliphatic rings. The summed E-state index contributed by atoms with van der Waals surface area (Å²) in [6, 6.07) is 11.9. The Morgan fingerprint density at radius 3 is 1.89 bits per heavy atom. The number of hydrogen-bond acceptors (Lipinski definition) is 1. The molecule has 0 spiro atoms. The molecule has 0 aromatic heterocycles. The Morgan fingerprint density at radius 1 is 0.947 bits per heavy atom. The number of nitrogens with one attached hydrogen (secondary N) is 1. The summed E-state index contributed by atoms with van der Waals surface area (Å²) < 4.78 is 0. The van der Waals surface area contributed by atoms with E-state index in [9.17, 15) is 0 Å².